The summed E-state index contributed by atoms with van der Waals surface area (Å²) >= 11 is 0. The van der Waals surface area contributed by atoms with Crippen LogP contribution in [0.1, 0.15) is 12.8 Å². The normalized spacial score (nSPS) is 28.2. The molecule has 10 heavy (non-hydrogen) atoms. The summed E-state index contributed by atoms with van der Waals surface area (Å²) in [7, 11) is -2.37. The molecule has 4 heteroatoms. The summed E-state index contributed by atoms with van der Waals surface area (Å²) in [5, 5.41) is 8.96. The summed E-state index contributed by atoms with van der Waals surface area (Å²) in [6.45, 7) is 0. The van der Waals surface area contributed by atoms with E-state index in [0.29, 0.717) is 6.42 Å². The largest absolute Gasteiger partial charge is 0.389 e. The van der Waals surface area contributed by atoms with Crippen molar-refractivity contribution in [3.05, 3.63) is 11.6 Å². The van der Waals surface area contributed by atoms with Crippen molar-refractivity contribution >= 4 is 8.03 Å². The third kappa shape index (κ3) is 2.25. The summed E-state index contributed by atoms with van der Waals surface area (Å²) in [4.78, 5) is 8.52. The maximum absolute atomic E-state index is 10.3. The molecule has 0 aromatic carbocycles. The van der Waals surface area contributed by atoms with Gasteiger partial charge in [0, 0.05) is 6.16 Å². The molecule has 3 nitrogen and oxygen atoms in total. The van der Waals surface area contributed by atoms with Gasteiger partial charge in [0.15, 0.2) is 8.03 Å². The maximum atomic E-state index is 10.3. The van der Waals surface area contributed by atoms with Crippen LogP contribution in [0.2, 0.25) is 0 Å². The molecule has 0 bridgehead atoms. The fourth-order valence-corrected chi connectivity index (χ4v) is 1.80. The smallest absolute Gasteiger partial charge is 0.193 e. The second-order valence-electron chi connectivity index (χ2n) is 2.50. The van der Waals surface area contributed by atoms with Gasteiger partial charge in [-0.1, -0.05) is 11.6 Å². The van der Waals surface area contributed by atoms with Crippen LogP contribution in [0.4, 0.5) is 0 Å². The van der Waals surface area contributed by atoms with Gasteiger partial charge in [-0.3, -0.25) is 4.57 Å². The van der Waals surface area contributed by atoms with Crippen molar-refractivity contribution in [3.8, 4) is 0 Å². The molecule has 1 aliphatic rings. The van der Waals surface area contributed by atoms with E-state index in [1.54, 1.807) is 6.08 Å². The van der Waals surface area contributed by atoms with E-state index in [2.05, 4.69) is 0 Å². The highest BCUT2D eigenvalue weighted by Crippen LogP contribution is 2.26. The van der Waals surface area contributed by atoms with Gasteiger partial charge in [0.05, 0.1) is 6.10 Å². The summed E-state index contributed by atoms with van der Waals surface area (Å²) in [6, 6.07) is 0. The van der Waals surface area contributed by atoms with E-state index in [-0.39, 0.29) is 12.3 Å². The standard InChI is InChI=1S/C6H11O3P/c7-6-2-1-5(3-6)4-10(8)9/h3,6-7,10H,1-2,4H2,(H,8,9). The summed E-state index contributed by atoms with van der Waals surface area (Å²) in [6.07, 6.45) is 3.06. The van der Waals surface area contributed by atoms with Gasteiger partial charge < -0.3 is 10.00 Å². The zero-order valence-electron chi connectivity index (χ0n) is 5.58. The molecule has 0 saturated carbocycles. The lowest BCUT2D eigenvalue weighted by atomic mass is 10.3. The average Bonchev–Trinajstić information content (AvgIpc) is 2.13. The quantitative estimate of drug-likeness (QED) is 0.460. The monoisotopic (exact) mass is 162 g/mol. The lowest BCUT2D eigenvalue weighted by molar-refractivity contribution is 0.223. The van der Waals surface area contributed by atoms with Gasteiger partial charge >= 0.3 is 0 Å². The fourth-order valence-electron chi connectivity index (χ4n) is 1.11. The highest BCUT2D eigenvalue weighted by atomic mass is 31.1. The molecule has 0 radical (unpaired) electrons. The van der Waals surface area contributed by atoms with E-state index in [4.69, 9.17) is 10.00 Å². The Balaban J connectivity index is 2.43. The van der Waals surface area contributed by atoms with Crippen molar-refractivity contribution in [2.45, 2.75) is 18.9 Å². The van der Waals surface area contributed by atoms with Crippen LogP contribution in [-0.2, 0) is 4.57 Å². The van der Waals surface area contributed by atoms with Gasteiger partial charge in [0.2, 0.25) is 0 Å². The highest BCUT2D eigenvalue weighted by molar-refractivity contribution is 7.38. The first kappa shape index (κ1) is 7.99. The van der Waals surface area contributed by atoms with Gasteiger partial charge in [-0.15, -0.1) is 0 Å². The van der Waals surface area contributed by atoms with Crippen molar-refractivity contribution in [1.29, 1.82) is 0 Å². The molecule has 1 rings (SSSR count). The molecule has 0 aromatic rings. The molecule has 0 saturated heterocycles. The van der Waals surface area contributed by atoms with E-state index in [1.807, 2.05) is 0 Å². The van der Waals surface area contributed by atoms with E-state index in [0.717, 1.165) is 12.0 Å². The van der Waals surface area contributed by atoms with Crippen LogP contribution in [0.15, 0.2) is 11.6 Å². The van der Waals surface area contributed by atoms with Crippen LogP contribution in [-0.4, -0.2) is 22.3 Å². The first-order valence-electron chi connectivity index (χ1n) is 3.28. The number of hydrogen-bond donors (Lipinski definition) is 2. The van der Waals surface area contributed by atoms with Crippen LogP contribution in [0.5, 0.6) is 0 Å². The molecule has 2 atom stereocenters. The predicted molar refractivity (Wildman–Crippen MR) is 39.4 cm³/mol. The first-order valence-corrected chi connectivity index (χ1v) is 4.84. The number of hydrogen-bond acceptors (Lipinski definition) is 2. The van der Waals surface area contributed by atoms with Gasteiger partial charge in [-0.05, 0) is 12.8 Å². The van der Waals surface area contributed by atoms with E-state index >= 15 is 0 Å². The Kier molecular flexibility index (Phi) is 2.66. The predicted octanol–water partition coefficient (Wildman–Crippen LogP) is 0.534. The zero-order valence-corrected chi connectivity index (χ0v) is 6.58. The minimum absolute atomic E-state index is 0.266. The van der Waals surface area contributed by atoms with Crippen LogP contribution >= 0.6 is 8.03 Å². The van der Waals surface area contributed by atoms with E-state index in [1.165, 1.54) is 0 Å². The SMILES string of the molecule is O=[PH](O)CC1=CC(O)CC1. The number of aliphatic hydroxyl groups excluding tert-OH is 1. The van der Waals surface area contributed by atoms with Crippen molar-refractivity contribution in [1.82, 2.24) is 0 Å². The van der Waals surface area contributed by atoms with Gasteiger partial charge in [-0.2, -0.15) is 0 Å². The Morgan fingerprint density at radius 3 is 2.90 bits per heavy atom. The molecule has 0 amide bonds. The van der Waals surface area contributed by atoms with E-state index < -0.39 is 8.03 Å². The second kappa shape index (κ2) is 3.33. The Hall–Kier alpha value is -0.110. The molecule has 0 spiro atoms. The third-order valence-corrected chi connectivity index (χ3v) is 2.32. The Morgan fingerprint density at radius 2 is 2.50 bits per heavy atom. The molecule has 2 unspecified atom stereocenters. The van der Waals surface area contributed by atoms with Crippen molar-refractivity contribution in [2.24, 2.45) is 0 Å². The van der Waals surface area contributed by atoms with Crippen molar-refractivity contribution in [2.75, 3.05) is 6.16 Å². The van der Waals surface area contributed by atoms with Crippen LogP contribution in [0, 0.1) is 0 Å². The number of rotatable bonds is 2. The molecule has 2 N–H and O–H groups in total. The van der Waals surface area contributed by atoms with Crippen LogP contribution in [0.25, 0.3) is 0 Å². The minimum atomic E-state index is -2.37. The number of allylic oxidation sites excluding steroid dienone is 1. The molecule has 0 fully saturated rings. The first-order chi connectivity index (χ1) is 4.68. The molecule has 1 aliphatic carbocycles. The fraction of sp³-hybridized carbons (Fsp3) is 0.667. The minimum Gasteiger partial charge on any atom is -0.389 e. The third-order valence-electron chi connectivity index (χ3n) is 1.57. The lowest BCUT2D eigenvalue weighted by Gasteiger charge is -1.93. The molecular formula is C6H11O3P. The zero-order chi connectivity index (χ0) is 7.56. The molecule has 0 aliphatic heterocycles. The van der Waals surface area contributed by atoms with Gasteiger partial charge in [0.25, 0.3) is 0 Å². The number of aliphatic hydroxyl groups is 1. The van der Waals surface area contributed by atoms with Gasteiger partial charge in [0.1, 0.15) is 0 Å². The Labute approximate surface area is 60.2 Å². The van der Waals surface area contributed by atoms with E-state index in [9.17, 15) is 4.57 Å². The van der Waals surface area contributed by atoms with Crippen LogP contribution in [0.3, 0.4) is 0 Å². The van der Waals surface area contributed by atoms with Crippen LogP contribution < -0.4 is 0 Å². The lowest BCUT2D eigenvalue weighted by Crippen LogP contribution is -1.93. The molecule has 0 aromatic heterocycles. The summed E-state index contributed by atoms with van der Waals surface area (Å²) in [5.74, 6) is 0. The Bertz CT molecular complexity index is 176. The Morgan fingerprint density at radius 1 is 1.80 bits per heavy atom. The average molecular weight is 162 g/mol. The van der Waals surface area contributed by atoms with Gasteiger partial charge in [-0.25, -0.2) is 0 Å². The summed E-state index contributed by atoms with van der Waals surface area (Å²) in [5.41, 5.74) is 0.930. The topological polar surface area (TPSA) is 57.5 Å². The molecule has 0 heterocycles. The van der Waals surface area contributed by atoms with Crippen molar-refractivity contribution < 1.29 is 14.6 Å². The molecule has 58 valence electrons. The summed E-state index contributed by atoms with van der Waals surface area (Å²) < 4.78 is 10.3. The highest BCUT2D eigenvalue weighted by Gasteiger charge is 2.13. The maximum Gasteiger partial charge on any atom is 0.193 e. The molecular weight excluding hydrogens is 151 g/mol. The van der Waals surface area contributed by atoms with Crippen molar-refractivity contribution in [3.63, 3.8) is 0 Å². The second-order valence-corrected chi connectivity index (χ2v) is 3.64.